The average molecular weight is 294 g/mol. The van der Waals surface area contributed by atoms with Crippen molar-refractivity contribution in [3.05, 3.63) is 34.9 Å². The number of carbonyl (C=O) groups excluding carboxylic acids is 1. The summed E-state index contributed by atoms with van der Waals surface area (Å²) in [6, 6.07) is 5.83. The van der Waals surface area contributed by atoms with Gasteiger partial charge in [0.1, 0.15) is 11.5 Å². The van der Waals surface area contributed by atoms with Crippen molar-refractivity contribution in [2.24, 2.45) is 16.2 Å². The van der Waals surface area contributed by atoms with Crippen molar-refractivity contribution in [3.8, 4) is 5.75 Å². The van der Waals surface area contributed by atoms with Crippen LogP contribution in [0.5, 0.6) is 5.75 Å². The second-order valence-electron chi connectivity index (χ2n) is 8.37. The number of benzene rings is 1. The van der Waals surface area contributed by atoms with Gasteiger partial charge in [-0.2, -0.15) is 0 Å². The van der Waals surface area contributed by atoms with Gasteiger partial charge in [-0.3, -0.25) is 4.79 Å². The molecule has 2 fully saturated rings. The van der Waals surface area contributed by atoms with Crippen LogP contribution in [0.4, 0.5) is 0 Å². The number of ketones is 1. The van der Waals surface area contributed by atoms with E-state index in [1.54, 1.807) is 5.57 Å². The monoisotopic (exact) mass is 294 g/mol. The van der Waals surface area contributed by atoms with E-state index < -0.39 is 0 Å². The molecule has 0 amide bonds. The zero-order valence-corrected chi connectivity index (χ0v) is 13.3. The van der Waals surface area contributed by atoms with Crippen molar-refractivity contribution in [2.75, 3.05) is 0 Å². The minimum absolute atomic E-state index is 0.116. The first kappa shape index (κ1) is 12.9. The SMILES string of the molecule is C[C@]12CC(=O)[C@@]3(C)CCC4=C(CCc5cc(O)ccc54)[C@]13C2. The number of phenolic OH excluding ortho intramolecular Hbond substituents is 1. The van der Waals surface area contributed by atoms with Crippen LogP contribution in [0.15, 0.2) is 23.8 Å². The smallest absolute Gasteiger partial charge is 0.140 e. The first-order chi connectivity index (χ1) is 10.4. The lowest BCUT2D eigenvalue weighted by molar-refractivity contribution is -0.128. The summed E-state index contributed by atoms with van der Waals surface area (Å²) < 4.78 is 0. The maximum Gasteiger partial charge on any atom is 0.140 e. The quantitative estimate of drug-likeness (QED) is 0.776. The minimum Gasteiger partial charge on any atom is -0.508 e. The Morgan fingerprint density at radius 3 is 2.77 bits per heavy atom. The van der Waals surface area contributed by atoms with E-state index in [2.05, 4.69) is 19.9 Å². The molecule has 1 aromatic rings. The fraction of sp³-hybridized carbons (Fsp3) is 0.550. The molecule has 0 heterocycles. The van der Waals surface area contributed by atoms with Crippen LogP contribution in [-0.4, -0.2) is 10.9 Å². The first-order valence-corrected chi connectivity index (χ1v) is 8.49. The van der Waals surface area contributed by atoms with Crippen molar-refractivity contribution in [1.29, 1.82) is 0 Å². The lowest BCUT2D eigenvalue weighted by Gasteiger charge is -2.44. The Labute approximate surface area is 131 Å². The Morgan fingerprint density at radius 2 is 1.95 bits per heavy atom. The van der Waals surface area contributed by atoms with Gasteiger partial charge in [0.05, 0.1) is 0 Å². The Bertz CT molecular complexity index is 774. The number of rotatable bonds is 0. The number of allylic oxidation sites excluding steroid dienone is 2. The van der Waals surface area contributed by atoms with Gasteiger partial charge in [0, 0.05) is 17.3 Å². The van der Waals surface area contributed by atoms with Crippen LogP contribution in [0.3, 0.4) is 0 Å². The van der Waals surface area contributed by atoms with Crippen molar-refractivity contribution in [2.45, 2.75) is 52.4 Å². The molecule has 2 heteroatoms. The fourth-order valence-corrected chi connectivity index (χ4v) is 6.35. The van der Waals surface area contributed by atoms with E-state index in [0.717, 1.165) is 32.1 Å². The first-order valence-electron chi connectivity index (χ1n) is 8.49. The zero-order valence-electron chi connectivity index (χ0n) is 13.3. The highest BCUT2D eigenvalue weighted by atomic mass is 16.3. The van der Waals surface area contributed by atoms with Crippen molar-refractivity contribution in [1.82, 2.24) is 0 Å². The largest absolute Gasteiger partial charge is 0.508 e. The molecule has 0 aromatic heterocycles. The van der Waals surface area contributed by atoms with Gasteiger partial charge < -0.3 is 5.11 Å². The molecule has 3 atom stereocenters. The van der Waals surface area contributed by atoms with E-state index in [9.17, 15) is 9.90 Å². The molecule has 4 aliphatic carbocycles. The van der Waals surface area contributed by atoms with Crippen LogP contribution < -0.4 is 0 Å². The van der Waals surface area contributed by atoms with Gasteiger partial charge in [-0.25, -0.2) is 0 Å². The molecule has 0 unspecified atom stereocenters. The van der Waals surface area contributed by atoms with Crippen molar-refractivity contribution in [3.63, 3.8) is 0 Å². The fourth-order valence-electron chi connectivity index (χ4n) is 6.35. The number of phenols is 1. The number of aryl methyl sites for hydroxylation is 1. The van der Waals surface area contributed by atoms with E-state index in [1.165, 1.54) is 23.1 Å². The lowest BCUT2D eigenvalue weighted by Crippen LogP contribution is -2.39. The third-order valence-electron chi connectivity index (χ3n) is 7.48. The second-order valence-corrected chi connectivity index (χ2v) is 8.37. The maximum atomic E-state index is 12.7. The minimum atomic E-state index is -0.116. The second kappa shape index (κ2) is 3.50. The summed E-state index contributed by atoms with van der Waals surface area (Å²) >= 11 is 0. The molecule has 1 N–H and O–H groups in total. The molecular formula is C20H22O2. The van der Waals surface area contributed by atoms with E-state index >= 15 is 0 Å². The van der Waals surface area contributed by atoms with Gasteiger partial charge in [0.15, 0.2) is 0 Å². The Hall–Kier alpha value is -1.57. The highest BCUT2D eigenvalue weighted by molar-refractivity contribution is 5.95. The van der Waals surface area contributed by atoms with E-state index in [4.69, 9.17) is 0 Å². The van der Waals surface area contributed by atoms with Gasteiger partial charge in [0.25, 0.3) is 0 Å². The summed E-state index contributed by atoms with van der Waals surface area (Å²) in [6.45, 7) is 4.57. The van der Waals surface area contributed by atoms with Crippen LogP contribution in [0.2, 0.25) is 0 Å². The molecule has 0 saturated heterocycles. The summed E-state index contributed by atoms with van der Waals surface area (Å²) in [5, 5.41) is 9.75. The van der Waals surface area contributed by atoms with Gasteiger partial charge in [-0.1, -0.05) is 25.5 Å². The predicted molar refractivity (Wildman–Crippen MR) is 85.5 cm³/mol. The Kier molecular flexibility index (Phi) is 2.06. The number of fused-ring (bicyclic) bond motifs is 2. The van der Waals surface area contributed by atoms with Crippen molar-refractivity contribution >= 4 is 11.4 Å². The molecule has 0 aliphatic heterocycles. The van der Waals surface area contributed by atoms with E-state index in [0.29, 0.717) is 11.5 Å². The molecule has 0 radical (unpaired) electrons. The highest BCUT2D eigenvalue weighted by Crippen LogP contribution is 2.85. The van der Waals surface area contributed by atoms with E-state index in [1.807, 2.05) is 12.1 Å². The standard InChI is InChI=1S/C20H22O2/c1-18-10-17(22)19(2)8-7-15-14-5-4-13(21)9-12(14)3-6-16(15)20(18,19)11-18/h4-5,9,21H,3,6-8,10-11H2,1-2H3/t18-,19-,20-/m1/s1. The van der Waals surface area contributed by atoms with Crippen LogP contribution in [0.25, 0.3) is 5.57 Å². The van der Waals surface area contributed by atoms with Gasteiger partial charge >= 0.3 is 0 Å². The molecule has 5 rings (SSSR count). The Morgan fingerprint density at radius 1 is 1.14 bits per heavy atom. The van der Waals surface area contributed by atoms with Gasteiger partial charge in [-0.15, -0.1) is 0 Å². The summed E-state index contributed by atoms with van der Waals surface area (Å²) in [5.41, 5.74) is 5.96. The van der Waals surface area contributed by atoms with Crippen LogP contribution in [0.1, 0.15) is 57.1 Å². The van der Waals surface area contributed by atoms with Gasteiger partial charge in [-0.05, 0) is 66.4 Å². The third-order valence-corrected chi connectivity index (χ3v) is 7.48. The van der Waals surface area contributed by atoms with Crippen molar-refractivity contribution < 1.29 is 9.90 Å². The van der Waals surface area contributed by atoms with Gasteiger partial charge in [0.2, 0.25) is 0 Å². The Balaban J connectivity index is 1.74. The van der Waals surface area contributed by atoms with E-state index in [-0.39, 0.29) is 16.2 Å². The molecule has 2 saturated carbocycles. The summed E-state index contributed by atoms with van der Waals surface area (Å²) in [7, 11) is 0. The number of carbonyl (C=O) groups is 1. The summed E-state index contributed by atoms with van der Waals surface area (Å²) in [4.78, 5) is 12.7. The number of aromatic hydroxyl groups is 1. The zero-order chi connectivity index (χ0) is 15.3. The molecular weight excluding hydrogens is 272 g/mol. The normalized spacial score (nSPS) is 41.6. The molecule has 114 valence electrons. The highest BCUT2D eigenvalue weighted by Gasteiger charge is 2.81. The number of hydrogen-bond donors (Lipinski definition) is 1. The molecule has 22 heavy (non-hydrogen) atoms. The predicted octanol–water partition coefficient (Wildman–Crippen LogP) is 4.26. The number of Topliss-reactive ketones (excluding diaryl/α,β-unsaturated/α-hetero) is 1. The average Bonchev–Trinajstić information content (AvgIpc) is 3.03. The molecule has 2 nitrogen and oxygen atoms in total. The summed E-state index contributed by atoms with van der Waals surface area (Å²) in [6.07, 6.45) is 6.08. The third kappa shape index (κ3) is 1.16. The molecule has 1 spiro atoms. The molecule has 1 aromatic carbocycles. The summed E-state index contributed by atoms with van der Waals surface area (Å²) in [5.74, 6) is 0.873. The topological polar surface area (TPSA) is 37.3 Å². The number of hydrogen-bond acceptors (Lipinski definition) is 2. The van der Waals surface area contributed by atoms with Crippen LogP contribution >= 0.6 is 0 Å². The molecule has 4 aliphatic rings. The van der Waals surface area contributed by atoms with Crippen LogP contribution in [0, 0.1) is 16.2 Å². The lowest BCUT2D eigenvalue weighted by atomic mass is 9.58. The maximum absolute atomic E-state index is 12.7. The molecule has 0 bridgehead atoms. The van der Waals surface area contributed by atoms with Crippen LogP contribution in [-0.2, 0) is 11.2 Å².